The molecule has 2 N–H and O–H groups in total. The highest BCUT2D eigenvalue weighted by Gasteiger charge is 2.32. The van der Waals surface area contributed by atoms with Crippen LogP contribution in [0.1, 0.15) is 15.9 Å². The molecule has 1 aliphatic heterocycles. The van der Waals surface area contributed by atoms with E-state index >= 15 is 0 Å². The van der Waals surface area contributed by atoms with E-state index < -0.39 is 10.0 Å². The number of benzene rings is 2. The fourth-order valence-corrected chi connectivity index (χ4v) is 5.55. The number of rotatable bonds is 5. The first-order valence-corrected chi connectivity index (χ1v) is 12.5. The minimum atomic E-state index is -3.74. The third-order valence-corrected chi connectivity index (χ3v) is 7.91. The molecule has 1 aromatic heterocycles. The number of amidine groups is 1. The predicted molar refractivity (Wildman–Crippen MR) is 131 cm³/mol. The number of ether oxygens (including phenoxy) is 1. The summed E-state index contributed by atoms with van der Waals surface area (Å²) in [5, 5.41) is 9.49. The number of H-pyrrole nitrogens is 1. The number of amides is 1. The maximum atomic E-state index is 13.2. The number of nitrogens with zero attached hydrogens (tertiary/aromatic N) is 3. The van der Waals surface area contributed by atoms with Gasteiger partial charge in [0.05, 0.1) is 12.7 Å². The van der Waals surface area contributed by atoms with E-state index in [0.717, 1.165) is 5.39 Å². The van der Waals surface area contributed by atoms with Crippen molar-refractivity contribution in [3.05, 3.63) is 58.6 Å². The van der Waals surface area contributed by atoms with Gasteiger partial charge in [-0.1, -0.05) is 17.7 Å². The second kappa shape index (κ2) is 9.28. The van der Waals surface area contributed by atoms with E-state index in [4.69, 9.17) is 21.7 Å². The molecule has 2 heterocycles. The van der Waals surface area contributed by atoms with Gasteiger partial charge < -0.3 is 19.5 Å². The van der Waals surface area contributed by atoms with Crippen LogP contribution in [0.2, 0.25) is 5.02 Å². The van der Waals surface area contributed by atoms with Crippen LogP contribution in [0.5, 0.6) is 5.75 Å². The number of aromatic amines is 1. The molecule has 34 heavy (non-hydrogen) atoms. The molecular weight excluding hydrogens is 478 g/mol. The number of carbonyl (C=O) groups is 1. The highest BCUT2D eigenvalue weighted by Crippen LogP contribution is 2.26. The van der Waals surface area contributed by atoms with Gasteiger partial charge in [-0.3, -0.25) is 10.2 Å². The van der Waals surface area contributed by atoms with E-state index in [1.54, 1.807) is 66.4 Å². The van der Waals surface area contributed by atoms with E-state index in [1.807, 2.05) is 0 Å². The Hall–Kier alpha value is -3.08. The molecule has 0 atom stereocenters. The molecular formula is C23H26ClN5O4S. The van der Waals surface area contributed by atoms with E-state index in [-0.39, 0.29) is 37.1 Å². The van der Waals surface area contributed by atoms with Crippen LogP contribution in [0, 0.1) is 5.41 Å². The summed E-state index contributed by atoms with van der Waals surface area (Å²) in [5.74, 6) is 0.438. The molecule has 0 spiro atoms. The van der Waals surface area contributed by atoms with Gasteiger partial charge in [-0.05, 0) is 36.4 Å². The van der Waals surface area contributed by atoms with E-state index in [0.29, 0.717) is 33.3 Å². The van der Waals surface area contributed by atoms with Crippen molar-refractivity contribution in [2.75, 3.05) is 47.4 Å². The number of hydrogen-bond donors (Lipinski definition) is 2. The Morgan fingerprint density at radius 1 is 1.09 bits per heavy atom. The summed E-state index contributed by atoms with van der Waals surface area (Å²) in [6, 6.07) is 11.7. The van der Waals surface area contributed by atoms with Crippen LogP contribution in [0.15, 0.2) is 47.5 Å². The Labute approximate surface area is 203 Å². The van der Waals surface area contributed by atoms with Gasteiger partial charge in [0.1, 0.15) is 16.6 Å². The first-order chi connectivity index (χ1) is 16.1. The van der Waals surface area contributed by atoms with Crippen LogP contribution in [0.3, 0.4) is 0 Å². The lowest BCUT2D eigenvalue weighted by Crippen LogP contribution is -2.50. The van der Waals surface area contributed by atoms with Crippen molar-refractivity contribution in [3.63, 3.8) is 0 Å². The van der Waals surface area contributed by atoms with Gasteiger partial charge in [0.15, 0.2) is 0 Å². The molecule has 1 amide bonds. The number of hydrogen-bond acceptors (Lipinski definition) is 5. The number of piperazine rings is 1. The Balaban J connectivity index is 1.48. The van der Waals surface area contributed by atoms with Crippen LogP contribution in [-0.4, -0.2) is 86.6 Å². The summed E-state index contributed by atoms with van der Waals surface area (Å²) in [7, 11) is 1.28. The molecule has 1 aliphatic rings. The zero-order chi connectivity index (χ0) is 24.6. The zero-order valence-corrected chi connectivity index (χ0v) is 20.7. The summed E-state index contributed by atoms with van der Waals surface area (Å²) < 4.78 is 33.1. The minimum Gasteiger partial charge on any atom is -0.496 e. The lowest BCUT2D eigenvalue weighted by Gasteiger charge is -2.34. The summed E-state index contributed by atoms with van der Waals surface area (Å²) >= 11 is 6.01. The summed E-state index contributed by atoms with van der Waals surface area (Å²) in [4.78, 5) is 19.4. The SMILES string of the molecule is COc1cc(C(=N)N(C)C)ccc1C(=O)N1CCN(S(=O)(=O)c2cc3cc(Cl)ccc3[nH]2)CC1. The molecule has 0 radical (unpaired) electrons. The van der Waals surface area contributed by atoms with E-state index in [2.05, 4.69) is 4.98 Å². The van der Waals surface area contributed by atoms with Gasteiger partial charge in [-0.15, -0.1) is 0 Å². The summed E-state index contributed by atoms with van der Waals surface area (Å²) in [6.07, 6.45) is 0. The van der Waals surface area contributed by atoms with Crippen LogP contribution < -0.4 is 4.74 Å². The maximum Gasteiger partial charge on any atom is 0.258 e. The van der Waals surface area contributed by atoms with Crippen LogP contribution in [0.25, 0.3) is 10.9 Å². The Morgan fingerprint density at radius 3 is 2.44 bits per heavy atom. The maximum absolute atomic E-state index is 13.2. The smallest absolute Gasteiger partial charge is 0.258 e. The van der Waals surface area contributed by atoms with Crippen molar-refractivity contribution in [1.29, 1.82) is 5.41 Å². The normalized spacial score (nSPS) is 14.9. The first kappa shape index (κ1) is 24.1. The molecule has 2 aromatic carbocycles. The van der Waals surface area contributed by atoms with Crippen molar-refractivity contribution in [2.45, 2.75) is 5.03 Å². The van der Waals surface area contributed by atoms with Gasteiger partial charge in [0.2, 0.25) is 0 Å². The van der Waals surface area contributed by atoms with Crippen molar-refractivity contribution in [3.8, 4) is 5.75 Å². The van der Waals surface area contributed by atoms with Crippen molar-refractivity contribution in [2.24, 2.45) is 0 Å². The Bertz CT molecular complexity index is 1360. The molecule has 9 nitrogen and oxygen atoms in total. The topological polar surface area (TPSA) is 110 Å². The second-order valence-electron chi connectivity index (χ2n) is 8.22. The zero-order valence-electron chi connectivity index (χ0n) is 19.1. The van der Waals surface area contributed by atoms with Gasteiger partial charge >= 0.3 is 0 Å². The van der Waals surface area contributed by atoms with Crippen LogP contribution >= 0.6 is 11.6 Å². The number of aromatic nitrogens is 1. The van der Waals surface area contributed by atoms with E-state index in [1.165, 1.54) is 11.4 Å². The number of halogens is 1. The molecule has 0 saturated carbocycles. The molecule has 1 saturated heterocycles. The van der Waals surface area contributed by atoms with Gasteiger partial charge in [-0.2, -0.15) is 4.31 Å². The second-order valence-corrected chi connectivity index (χ2v) is 10.6. The Kier molecular flexibility index (Phi) is 6.57. The predicted octanol–water partition coefficient (Wildman–Crippen LogP) is 2.86. The molecule has 0 bridgehead atoms. The molecule has 11 heteroatoms. The lowest BCUT2D eigenvalue weighted by molar-refractivity contribution is 0.0694. The highest BCUT2D eigenvalue weighted by atomic mass is 35.5. The third kappa shape index (κ3) is 4.48. The van der Waals surface area contributed by atoms with Gasteiger partial charge in [0, 0.05) is 61.8 Å². The number of methoxy groups -OCH3 is 1. The molecule has 0 unspecified atom stereocenters. The number of fused-ring (bicyclic) bond motifs is 1. The fraction of sp³-hybridized carbons (Fsp3) is 0.304. The molecule has 0 aliphatic carbocycles. The average Bonchev–Trinajstić information content (AvgIpc) is 3.27. The average molecular weight is 504 g/mol. The van der Waals surface area contributed by atoms with Crippen LogP contribution in [-0.2, 0) is 10.0 Å². The largest absolute Gasteiger partial charge is 0.496 e. The van der Waals surface area contributed by atoms with Gasteiger partial charge in [-0.25, -0.2) is 8.42 Å². The fourth-order valence-electron chi connectivity index (χ4n) is 3.93. The molecule has 3 aromatic rings. The molecule has 180 valence electrons. The van der Waals surface area contributed by atoms with E-state index in [9.17, 15) is 13.2 Å². The van der Waals surface area contributed by atoms with Crippen molar-refractivity contribution < 1.29 is 17.9 Å². The lowest BCUT2D eigenvalue weighted by atomic mass is 10.1. The van der Waals surface area contributed by atoms with Crippen LogP contribution in [0.4, 0.5) is 0 Å². The Morgan fingerprint density at radius 2 is 1.79 bits per heavy atom. The number of sulfonamides is 1. The molecule has 4 rings (SSSR count). The third-order valence-electron chi connectivity index (χ3n) is 5.85. The number of nitrogens with one attached hydrogen (secondary N) is 2. The van der Waals surface area contributed by atoms with Crippen molar-refractivity contribution >= 4 is 44.3 Å². The molecule has 1 fully saturated rings. The first-order valence-electron chi connectivity index (χ1n) is 10.6. The summed E-state index contributed by atoms with van der Waals surface area (Å²) in [5.41, 5.74) is 1.70. The summed E-state index contributed by atoms with van der Waals surface area (Å²) in [6.45, 7) is 0.858. The highest BCUT2D eigenvalue weighted by molar-refractivity contribution is 7.89. The number of carbonyl (C=O) groups excluding carboxylic acids is 1. The van der Waals surface area contributed by atoms with Gasteiger partial charge in [0.25, 0.3) is 15.9 Å². The van der Waals surface area contributed by atoms with Crippen molar-refractivity contribution in [1.82, 2.24) is 19.1 Å². The monoisotopic (exact) mass is 503 g/mol. The standard InChI is InChI=1S/C23H26ClN5O4S/c1-27(2)22(25)15-4-6-18(20(13-15)33-3)23(30)28-8-10-29(11-9-28)34(31,32)21-14-16-12-17(24)5-7-19(16)26-21/h4-7,12-14,25-26H,8-11H2,1-3H3. The minimum absolute atomic E-state index is 0.102. The quantitative estimate of drug-likeness (QED) is 0.411.